The van der Waals surface area contributed by atoms with Crippen LogP contribution in [0.4, 0.5) is 0 Å². The Balaban J connectivity index is 2.68. The van der Waals surface area contributed by atoms with Gasteiger partial charge in [-0.3, -0.25) is 0 Å². The van der Waals surface area contributed by atoms with Crippen molar-refractivity contribution in [1.29, 1.82) is 0 Å². The molecule has 1 rings (SSSR count). The van der Waals surface area contributed by atoms with Crippen molar-refractivity contribution in [3.8, 4) is 5.75 Å². The number of aryl methyl sites for hydroxylation is 2. The van der Waals surface area contributed by atoms with E-state index >= 15 is 0 Å². The van der Waals surface area contributed by atoms with Crippen LogP contribution in [0.25, 0.3) is 0 Å². The van der Waals surface area contributed by atoms with E-state index in [0.29, 0.717) is 0 Å². The Bertz CT molecular complexity index is 352. The van der Waals surface area contributed by atoms with Crippen LogP contribution in [0.5, 0.6) is 5.75 Å². The van der Waals surface area contributed by atoms with Gasteiger partial charge < -0.3 is 15.0 Å². The molecule has 0 radical (unpaired) electrons. The molecule has 1 aromatic rings. The van der Waals surface area contributed by atoms with E-state index in [-0.39, 0.29) is 0 Å². The lowest BCUT2D eigenvalue weighted by molar-refractivity contribution is 0.259. The number of rotatable bonds is 7. The molecule has 3 nitrogen and oxygen atoms in total. The number of likely N-dealkylation sites (N-methyl/N-ethyl adjacent to an activating group) is 1. The Kier molecular flexibility index (Phi) is 6.16. The van der Waals surface area contributed by atoms with Gasteiger partial charge in [-0.15, -0.1) is 0 Å². The molecule has 3 heteroatoms. The fourth-order valence-electron chi connectivity index (χ4n) is 1.97. The first-order valence-electron chi connectivity index (χ1n) is 6.63. The minimum atomic E-state index is 0.737. The number of nitrogens with zero attached hydrogens (tertiary/aromatic N) is 1. The minimum Gasteiger partial charge on any atom is -0.492 e. The van der Waals surface area contributed by atoms with Crippen molar-refractivity contribution in [2.45, 2.75) is 27.3 Å². The quantitative estimate of drug-likeness (QED) is 0.804. The lowest BCUT2D eigenvalue weighted by atomic mass is 10.1. The number of nitrogens with one attached hydrogen (secondary N) is 1. The third-order valence-corrected chi connectivity index (χ3v) is 2.88. The van der Waals surface area contributed by atoms with Crippen LogP contribution in [0, 0.1) is 13.8 Å². The van der Waals surface area contributed by atoms with Crippen molar-refractivity contribution in [1.82, 2.24) is 10.2 Å². The second-order valence-electron chi connectivity index (χ2n) is 4.99. The smallest absolute Gasteiger partial charge is 0.125 e. The minimum absolute atomic E-state index is 0.737. The Morgan fingerprint density at radius 1 is 1.17 bits per heavy atom. The van der Waals surface area contributed by atoms with Gasteiger partial charge in [0.15, 0.2) is 0 Å². The lowest BCUT2D eigenvalue weighted by Gasteiger charge is -2.16. The summed E-state index contributed by atoms with van der Waals surface area (Å²) < 4.78 is 5.88. The van der Waals surface area contributed by atoms with E-state index in [1.807, 2.05) is 0 Å². The van der Waals surface area contributed by atoms with Gasteiger partial charge in [0.25, 0.3) is 0 Å². The van der Waals surface area contributed by atoms with Crippen molar-refractivity contribution in [3.05, 3.63) is 28.8 Å². The summed E-state index contributed by atoms with van der Waals surface area (Å²) >= 11 is 0. The highest BCUT2D eigenvalue weighted by Gasteiger charge is 2.06. The monoisotopic (exact) mass is 250 g/mol. The van der Waals surface area contributed by atoms with Gasteiger partial charge >= 0.3 is 0 Å². The van der Waals surface area contributed by atoms with Crippen LogP contribution >= 0.6 is 0 Å². The first kappa shape index (κ1) is 15.0. The predicted octanol–water partition coefficient (Wildman–Crippen LogP) is 2.35. The van der Waals surface area contributed by atoms with Crippen LogP contribution in [0.3, 0.4) is 0 Å². The van der Waals surface area contributed by atoms with Crippen LogP contribution in [0.1, 0.15) is 23.6 Å². The maximum Gasteiger partial charge on any atom is 0.125 e. The van der Waals surface area contributed by atoms with Gasteiger partial charge in [-0.1, -0.05) is 19.1 Å². The molecule has 0 aliphatic carbocycles. The van der Waals surface area contributed by atoms with Crippen molar-refractivity contribution >= 4 is 0 Å². The van der Waals surface area contributed by atoms with Crippen molar-refractivity contribution < 1.29 is 4.74 Å². The second-order valence-corrected chi connectivity index (χ2v) is 4.99. The molecule has 0 aromatic heterocycles. The summed E-state index contributed by atoms with van der Waals surface area (Å²) in [6.07, 6.45) is 0. The van der Waals surface area contributed by atoms with Gasteiger partial charge in [-0.2, -0.15) is 0 Å². The SMILES string of the molecule is CCNCc1cc(C)c(OCCN(C)C)c(C)c1. The number of benzene rings is 1. The van der Waals surface area contributed by atoms with E-state index in [2.05, 4.69) is 57.2 Å². The van der Waals surface area contributed by atoms with E-state index in [0.717, 1.165) is 32.0 Å². The Labute approximate surface area is 111 Å². The molecule has 0 unspecified atom stereocenters. The molecule has 0 spiro atoms. The highest BCUT2D eigenvalue weighted by atomic mass is 16.5. The van der Waals surface area contributed by atoms with Crippen LogP contribution in [0.15, 0.2) is 12.1 Å². The molecule has 102 valence electrons. The third kappa shape index (κ3) is 4.67. The van der Waals surface area contributed by atoms with Gasteiger partial charge in [-0.25, -0.2) is 0 Å². The molecule has 0 aliphatic rings. The topological polar surface area (TPSA) is 24.5 Å². The van der Waals surface area contributed by atoms with Gasteiger partial charge in [0.05, 0.1) is 0 Å². The van der Waals surface area contributed by atoms with E-state index in [9.17, 15) is 0 Å². The summed E-state index contributed by atoms with van der Waals surface area (Å²) in [6, 6.07) is 4.42. The lowest BCUT2D eigenvalue weighted by Crippen LogP contribution is -2.20. The van der Waals surface area contributed by atoms with Gasteiger partial charge in [-0.05, 0) is 51.2 Å². The molecule has 18 heavy (non-hydrogen) atoms. The molecule has 0 aliphatic heterocycles. The summed E-state index contributed by atoms with van der Waals surface area (Å²) in [5.74, 6) is 1.04. The molecule has 0 atom stereocenters. The van der Waals surface area contributed by atoms with Crippen LogP contribution in [-0.4, -0.2) is 38.7 Å². The zero-order valence-corrected chi connectivity index (χ0v) is 12.3. The Morgan fingerprint density at radius 3 is 2.28 bits per heavy atom. The first-order valence-corrected chi connectivity index (χ1v) is 6.63. The number of ether oxygens (including phenoxy) is 1. The first-order chi connectivity index (χ1) is 8.54. The summed E-state index contributed by atoms with van der Waals surface area (Å²) in [7, 11) is 4.12. The third-order valence-electron chi connectivity index (χ3n) is 2.88. The average molecular weight is 250 g/mol. The van der Waals surface area contributed by atoms with Gasteiger partial charge in [0, 0.05) is 13.1 Å². The van der Waals surface area contributed by atoms with Crippen LogP contribution in [0.2, 0.25) is 0 Å². The molecule has 0 saturated heterocycles. The summed E-state index contributed by atoms with van der Waals surface area (Å²) in [6.45, 7) is 9.97. The van der Waals surface area contributed by atoms with E-state index in [1.165, 1.54) is 16.7 Å². The fraction of sp³-hybridized carbons (Fsp3) is 0.600. The highest BCUT2D eigenvalue weighted by molar-refractivity contribution is 5.43. The summed E-state index contributed by atoms with van der Waals surface area (Å²) in [5.41, 5.74) is 3.77. The molecule has 0 bridgehead atoms. The van der Waals surface area contributed by atoms with E-state index < -0.39 is 0 Å². The van der Waals surface area contributed by atoms with Crippen molar-refractivity contribution in [2.24, 2.45) is 0 Å². The van der Waals surface area contributed by atoms with E-state index in [1.54, 1.807) is 0 Å². The molecule has 1 N–H and O–H groups in total. The van der Waals surface area contributed by atoms with Crippen molar-refractivity contribution in [2.75, 3.05) is 33.8 Å². The maximum atomic E-state index is 5.88. The number of hydrogen-bond acceptors (Lipinski definition) is 3. The molecule has 0 heterocycles. The summed E-state index contributed by atoms with van der Waals surface area (Å²) in [5, 5.41) is 3.35. The normalized spacial score (nSPS) is 11.0. The zero-order chi connectivity index (χ0) is 13.5. The number of hydrogen-bond donors (Lipinski definition) is 1. The molecule has 1 aromatic carbocycles. The molecular formula is C15H26N2O. The maximum absolute atomic E-state index is 5.88. The van der Waals surface area contributed by atoms with Crippen LogP contribution < -0.4 is 10.1 Å². The molecular weight excluding hydrogens is 224 g/mol. The predicted molar refractivity (Wildman–Crippen MR) is 77.3 cm³/mol. The largest absolute Gasteiger partial charge is 0.492 e. The van der Waals surface area contributed by atoms with E-state index in [4.69, 9.17) is 4.74 Å². The Hall–Kier alpha value is -1.06. The standard InChI is InChI=1S/C15H26N2O/c1-6-16-11-14-9-12(2)15(13(3)10-14)18-8-7-17(4)5/h9-10,16H,6-8,11H2,1-5H3. The fourth-order valence-corrected chi connectivity index (χ4v) is 1.97. The molecule has 0 amide bonds. The average Bonchev–Trinajstić information content (AvgIpc) is 2.29. The Morgan fingerprint density at radius 2 is 1.78 bits per heavy atom. The zero-order valence-electron chi connectivity index (χ0n) is 12.3. The highest BCUT2D eigenvalue weighted by Crippen LogP contribution is 2.24. The molecule has 0 saturated carbocycles. The van der Waals surface area contributed by atoms with Crippen LogP contribution in [-0.2, 0) is 6.54 Å². The van der Waals surface area contributed by atoms with Gasteiger partial charge in [0.2, 0.25) is 0 Å². The summed E-state index contributed by atoms with van der Waals surface area (Å²) in [4.78, 5) is 2.13. The molecule has 0 fully saturated rings. The second kappa shape index (κ2) is 7.39. The van der Waals surface area contributed by atoms with Crippen molar-refractivity contribution in [3.63, 3.8) is 0 Å². The van der Waals surface area contributed by atoms with Gasteiger partial charge in [0.1, 0.15) is 12.4 Å².